The Kier molecular flexibility index (Phi) is 7.93. The van der Waals surface area contributed by atoms with E-state index in [0.29, 0.717) is 36.9 Å². The van der Waals surface area contributed by atoms with Crippen molar-refractivity contribution in [3.63, 3.8) is 0 Å². The van der Waals surface area contributed by atoms with E-state index >= 15 is 0 Å². The number of tetrazole rings is 1. The number of carbonyl (C=O) groups is 3. The van der Waals surface area contributed by atoms with Crippen molar-refractivity contribution in [3.05, 3.63) is 46.2 Å². The second-order valence-corrected chi connectivity index (χ2v) is 8.18. The molecule has 0 saturated carbocycles. The maximum atomic E-state index is 12.7. The molecule has 2 N–H and O–H groups in total. The van der Waals surface area contributed by atoms with Gasteiger partial charge in [-0.15, -0.1) is 10.2 Å². The zero-order chi connectivity index (χ0) is 23.1. The molecule has 0 bridgehead atoms. The van der Waals surface area contributed by atoms with Gasteiger partial charge in [-0.25, -0.2) is 0 Å². The summed E-state index contributed by atoms with van der Waals surface area (Å²) in [5.74, 6) is 0.134. The molecule has 170 valence electrons. The highest BCUT2D eigenvalue weighted by atomic mass is 35.5. The summed E-state index contributed by atoms with van der Waals surface area (Å²) < 4.78 is 0. The van der Waals surface area contributed by atoms with Crippen molar-refractivity contribution < 1.29 is 14.4 Å². The first-order chi connectivity index (χ1) is 15.3. The Hall–Kier alpha value is -3.27. The summed E-state index contributed by atoms with van der Waals surface area (Å²) >= 11 is 6.14. The number of amides is 3. The summed E-state index contributed by atoms with van der Waals surface area (Å²) in [6.45, 7) is 4.64. The number of carbonyl (C=O) groups excluding carboxylic acids is 3. The van der Waals surface area contributed by atoms with E-state index in [1.54, 1.807) is 30.0 Å². The van der Waals surface area contributed by atoms with E-state index in [1.165, 1.54) is 11.7 Å². The molecule has 1 fully saturated rings. The number of hydrogen-bond acceptors (Lipinski definition) is 6. The van der Waals surface area contributed by atoms with Crippen molar-refractivity contribution in [2.45, 2.75) is 39.7 Å². The SMILES string of the molecule is CC(=O)NNC(=O)CC1CCN(C(=O)C=Cc2ccc(Cl)cc2Cn2nnc(C)n2)CC1. The molecule has 32 heavy (non-hydrogen) atoms. The third-order valence-corrected chi connectivity index (χ3v) is 5.39. The second-order valence-electron chi connectivity index (χ2n) is 7.75. The normalized spacial score (nSPS) is 14.5. The van der Waals surface area contributed by atoms with Crippen molar-refractivity contribution in [1.82, 2.24) is 36.0 Å². The molecule has 1 aromatic heterocycles. The van der Waals surface area contributed by atoms with E-state index in [0.717, 1.165) is 24.0 Å². The summed E-state index contributed by atoms with van der Waals surface area (Å²) in [7, 11) is 0. The van der Waals surface area contributed by atoms with Crippen LogP contribution in [-0.2, 0) is 20.9 Å². The van der Waals surface area contributed by atoms with E-state index < -0.39 is 0 Å². The first kappa shape index (κ1) is 23.4. The number of piperidine rings is 1. The predicted molar refractivity (Wildman–Crippen MR) is 118 cm³/mol. The Morgan fingerprint density at radius 2 is 1.97 bits per heavy atom. The van der Waals surface area contributed by atoms with Gasteiger partial charge in [-0.3, -0.25) is 25.2 Å². The Bertz CT molecular complexity index is 1010. The van der Waals surface area contributed by atoms with Gasteiger partial charge in [0.15, 0.2) is 5.82 Å². The molecule has 0 aliphatic carbocycles. The van der Waals surface area contributed by atoms with E-state index in [-0.39, 0.29) is 23.6 Å². The zero-order valence-corrected chi connectivity index (χ0v) is 18.8. The lowest BCUT2D eigenvalue weighted by Crippen LogP contribution is -2.43. The molecule has 1 aromatic carbocycles. The van der Waals surface area contributed by atoms with Gasteiger partial charge < -0.3 is 4.90 Å². The molecule has 11 heteroatoms. The fourth-order valence-electron chi connectivity index (χ4n) is 3.51. The molecule has 0 radical (unpaired) electrons. The lowest BCUT2D eigenvalue weighted by atomic mass is 9.93. The Balaban J connectivity index is 1.55. The number of halogens is 1. The average molecular weight is 460 g/mol. The van der Waals surface area contributed by atoms with Crippen LogP contribution in [0.3, 0.4) is 0 Å². The number of nitrogens with zero attached hydrogens (tertiary/aromatic N) is 5. The van der Waals surface area contributed by atoms with Crippen LogP contribution in [0.1, 0.15) is 43.1 Å². The molecule has 0 unspecified atom stereocenters. The zero-order valence-electron chi connectivity index (χ0n) is 18.0. The van der Waals surface area contributed by atoms with Crippen LogP contribution in [-0.4, -0.2) is 55.9 Å². The maximum absolute atomic E-state index is 12.7. The first-order valence-corrected chi connectivity index (χ1v) is 10.7. The van der Waals surface area contributed by atoms with E-state index in [4.69, 9.17) is 11.6 Å². The van der Waals surface area contributed by atoms with Crippen LogP contribution < -0.4 is 10.9 Å². The number of rotatable bonds is 6. The van der Waals surface area contributed by atoms with Gasteiger partial charge in [0.1, 0.15) is 0 Å². The molecule has 2 heterocycles. The smallest absolute Gasteiger partial charge is 0.246 e. The minimum absolute atomic E-state index is 0.0817. The van der Waals surface area contributed by atoms with Gasteiger partial charge in [0.25, 0.3) is 0 Å². The van der Waals surface area contributed by atoms with Crippen LogP contribution in [0.2, 0.25) is 5.02 Å². The van der Waals surface area contributed by atoms with Crippen LogP contribution in [0.4, 0.5) is 0 Å². The van der Waals surface area contributed by atoms with Crippen molar-refractivity contribution in [2.75, 3.05) is 13.1 Å². The molecular formula is C21H26ClN7O3. The summed E-state index contributed by atoms with van der Waals surface area (Å²) in [5.41, 5.74) is 6.39. The van der Waals surface area contributed by atoms with Gasteiger partial charge in [0.05, 0.1) is 6.54 Å². The largest absolute Gasteiger partial charge is 0.339 e. The first-order valence-electron chi connectivity index (χ1n) is 10.4. The standard InChI is InChI=1S/C21H26ClN7O3/c1-14-23-27-29(26-14)13-18-12-19(22)5-3-17(18)4-6-21(32)28-9-7-16(8-10-28)11-20(31)25-24-15(2)30/h3-6,12,16H,7-11,13H2,1-2H3,(H,24,30)(H,25,31). The molecule has 0 spiro atoms. The summed E-state index contributed by atoms with van der Waals surface area (Å²) in [6, 6.07) is 5.44. The minimum atomic E-state index is -0.318. The average Bonchev–Trinajstić information content (AvgIpc) is 3.16. The van der Waals surface area contributed by atoms with Gasteiger partial charge in [-0.2, -0.15) is 4.80 Å². The van der Waals surface area contributed by atoms with Crippen molar-refractivity contribution >= 4 is 35.4 Å². The van der Waals surface area contributed by atoms with Gasteiger partial charge in [0, 0.05) is 37.5 Å². The summed E-state index contributed by atoms with van der Waals surface area (Å²) in [6.07, 6.45) is 5.11. The van der Waals surface area contributed by atoms with E-state index in [9.17, 15) is 14.4 Å². The van der Waals surface area contributed by atoms with Gasteiger partial charge in [-0.05, 0) is 60.2 Å². The van der Waals surface area contributed by atoms with E-state index in [1.807, 2.05) is 12.1 Å². The highest BCUT2D eigenvalue weighted by molar-refractivity contribution is 6.30. The second kappa shape index (κ2) is 10.9. The van der Waals surface area contributed by atoms with Gasteiger partial charge in [-0.1, -0.05) is 17.7 Å². The third kappa shape index (κ3) is 6.88. The summed E-state index contributed by atoms with van der Waals surface area (Å²) in [4.78, 5) is 38.6. The molecule has 10 nitrogen and oxygen atoms in total. The molecular weight excluding hydrogens is 434 g/mol. The maximum Gasteiger partial charge on any atom is 0.246 e. The molecule has 3 amide bonds. The lowest BCUT2D eigenvalue weighted by molar-refractivity contribution is -0.129. The molecule has 1 aliphatic heterocycles. The number of aromatic nitrogens is 4. The Labute approximate surface area is 191 Å². The molecule has 1 saturated heterocycles. The van der Waals surface area contributed by atoms with Crippen LogP contribution >= 0.6 is 11.6 Å². The highest BCUT2D eigenvalue weighted by Crippen LogP contribution is 2.22. The molecule has 1 aliphatic rings. The fourth-order valence-corrected chi connectivity index (χ4v) is 3.71. The number of hydrogen-bond donors (Lipinski definition) is 2. The topological polar surface area (TPSA) is 122 Å². The van der Waals surface area contributed by atoms with Crippen LogP contribution in [0.15, 0.2) is 24.3 Å². The third-order valence-electron chi connectivity index (χ3n) is 5.15. The van der Waals surface area contributed by atoms with Crippen LogP contribution in [0, 0.1) is 12.8 Å². The molecule has 3 rings (SSSR count). The number of likely N-dealkylation sites (tertiary alicyclic amines) is 1. The Morgan fingerprint density at radius 1 is 1.22 bits per heavy atom. The number of hydrazine groups is 1. The predicted octanol–water partition coefficient (Wildman–Crippen LogP) is 1.49. The fraction of sp³-hybridized carbons (Fsp3) is 0.429. The number of aryl methyl sites for hydroxylation is 1. The minimum Gasteiger partial charge on any atom is -0.339 e. The number of nitrogens with one attached hydrogen (secondary N) is 2. The molecule has 2 aromatic rings. The van der Waals surface area contributed by atoms with Crippen LogP contribution in [0.5, 0.6) is 0 Å². The van der Waals surface area contributed by atoms with Crippen molar-refractivity contribution in [3.8, 4) is 0 Å². The monoisotopic (exact) mass is 459 g/mol. The van der Waals surface area contributed by atoms with E-state index in [2.05, 4.69) is 26.3 Å². The van der Waals surface area contributed by atoms with Crippen molar-refractivity contribution in [2.24, 2.45) is 5.92 Å². The van der Waals surface area contributed by atoms with Crippen LogP contribution in [0.25, 0.3) is 6.08 Å². The molecule has 0 atom stereocenters. The Morgan fingerprint density at radius 3 is 2.62 bits per heavy atom. The summed E-state index contributed by atoms with van der Waals surface area (Å²) in [5, 5.41) is 12.6. The highest BCUT2D eigenvalue weighted by Gasteiger charge is 2.23. The number of benzene rings is 1. The lowest BCUT2D eigenvalue weighted by Gasteiger charge is -2.31. The van der Waals surface area contributed by atoms with Gasteiger partial charge >= 0.3 is 0 Å². The quantitative estimate of drug-likeness (QED) is 0.498. The van der Waals surface area contributed by atoms with Crippen molar-refractivity contribution in [1.29, 1.82) is 0 Å². The van der Waals surface area contributed by atoms with Gasteiger partial charge in [0.2, 0.25) is 17.7 Å².